The van der Waals surface area contributed by atoms with Crippen molar-refractivity contribution in [1.82, 2.24) is 0 Å². The molecule has 0 aromatic carbocycles. The van der Waals surface area contributed by atoms with Crippen molar-refractivity contribution in [2.45, 2.75) is 0 Å². The highest BCUT2D eigenvalue weighted by Crippen LogP contribution is 1.78. The largest absolute Gasteiger partial charge is 0.264 e. The molecule has 0 heterocycles. The maximum absolute atomic E-state index is 8.09. The summed E-state index contributed by atoms with van der Waals surface area (Å²) in [4.78, 5) is 3.56. The molecule has 0 unspecified atom stereocenters. The van der Waals surface area contributed by atoms with Gasteiger partial charge in [-0.3, -0.25) is 4.99 Å². The fourth-order valence-corrected chi connectivity index (χ4v) is 0.172. The van der Waals surface area contributed by atoms with E-state index in [-0.39, 0.29) is 0 Å². The van der Waals surface area contributed by atoms with Crippen LogP contribution in [0.1, 0.15) is 0 Å². The summed E-state index contributed by atoms with van der Waals surface area (Å²) in [5.41, 5.74) is 0.338. The van der Waals surface area contributed by atoms with E-state index in [2.05, 4.69) is 18.2 Å². The molecule has 0 fully saturated rings. The third-order valence-electron chi connectivity index (χ3n) is 0.479. The van der Waals surface area contributed by atoms with E-state index in [4.69, 9.17) is 5.26 Å². The highest BCUT2D eigenvalue weighted by Gasteiger charge is 1.76. The van der Waals surface area contributed by atoms with Gasteiger partial charge < -0.3 is 0 Å². The van der Waals surface area contributed by atoms with Gasteiger partial charge in [-0.25, -0.2) is 0 Å². The van der Waals surface area contributed by atoms with E-state index in [1.807, 2.05) is 6.07 Å². The molecule has 0 aliphatic carbocycles. The van der Waals surface area contributed by atoms with Gasteiger partial charge in [0.25, 0.3) is 0 Å². The Labute approximate surface area is 48.5 Å². The van der Waals surface area contributed by atoms with E-state index in [1.54, 1.807) is 0 Å². The number of nitriles is 1. The summed E-state index contributed by atoms with van der Waals surface area (Å²) in [6.07, 6.45) is 2.70. The number of aliphatic imine (C=N–C) groups is 1. The summed E-state index contributed by atoms with van der Waals surface area (Å²) in [6, 6.07) is 1.81. The first-order valence-electron chi connectivity index (χ1n) is 2.04. The minimum absolute atomic E-state index is 0.338. The van der Waals surface area contributed by atoms with Crippen molar-refractivity contribution >= 4 is 6.21 Å². The van der Waals surface area contributed by atoms with Crippen molar-refractivity contribution < 1.29 is 0 Å². The zero-order valence-electron chi connectivity index (χ0n) is 4.46. The van der Waals surface area contributed by atoms with Crippen molar-refractivity contribution in [2.75, 3.05) is 0 Å². The lowest BCUT2D eigenvalue weighted by molar-refractivity contribution is 1.51. The normalized spacial score (nSPS) is 8.38. The van der Waals surface area contributed by atoms with E-state index >= 15 is 0 Å². The van der Waals surface area contributed by atoms with Crippen LogP contribution in [0.15, 0.2) is 29.9 Å². The molecule has 0 radical (unpaired) electrons. The van der Waals surface area contributed by atoms with Gasteiger partial charge in [0, 0.05) is 12.4 Å². The number of nitrogens with zero attached hydrogens (tertiary/aromatic N) is 2. The molecule has 0 spiro atoms. The number of allylic oxidation sites excluding steroid dienone is 1. The molecule has 2 heteroatoms. The lowest BCUT2D eigenvalue weighted by Crippen LogP contribution is -1.72. The average Bonchev–Trinajstić information content (AvgIpc) is 1.83. The Morgan fingerprint density at radius 1 is 1.75 bits per heavy atom. The first-order valence-corrected chi connectivity index (χ1v) is 2.04. The van der Waals surface area contributed by atoms with Gasteiger partial charge in [0.15, 0.2) is 0 Å². The topological polar surface area (TPSA) is 36.1 Å². The maximum Gasteiger partial charge on any atom is 0.100 e. The molecule has 0 saturated heterocycles. The highest BCUT2D eigenvalue weighted by atomic mass is 14.7. The van der Waals surface area contributed by atoms with E-state index < -0.39 is 0 Å². The maximum atomic E-state index is 8.09. The second kappa shape index (κ2) is 3.82. The molecule has 2 nitrogen and oxygen atoms in total. The predicted molar refractivity (Wildman–Crippen MR) is 33.4 cm³/mol. The smallest absolute Gasteiger partial charge is 0.100 e. The zero-order valence-corrected chi connectivity index (χ0v) is 4.46. The number of rotatable bonds is 2. The fourth-order valence-electron chi connectivity index (χ4n) is 0.172. The quantitative estimate of drug-likeness (QED) is 0.386. The second-order valence-electron chi connectivity index (χ2n) is 1.10. The van der Waals surface area contributed by atoms with E-state index in [1.165, 1.54) is 12.4 Å². The van der Waals surface area contributed by atoms with Crippen molar-refractivity contribution in [3.05, 3.63) is 24.9 Å². The van der Waals surface area contributed by atoms with Crippen LogP contribution in [0, 0.1) is 11.3 Å². The summed E-state index contributed by atoms with van der Waals surface area (Å²) in [5.74, 6) is 0. The van der Waals surface area contributed by atoms with Crippen LogP contribution in [0.4, 0.5) is 0 Å². The lowest BCUT2D eigenvalue weighted by atomic mass is 10.4. The molecule has 0 bridgehead atoms. The van der Waals surface area contributed by atoms with E-state index in [0.29, 0.717) is 5.57 Å². The Bertz CT molecular complexity index is 160. The third kappa shape index (κ3) is 2.86. The average molecular weight is 106 g/mol. The summed E-state index contributed by atoms with van der Waals surface area (Å²) in [5, 5.41) is 8.09. The van der Waals surface area contributed by atoms with Gasteiger partial charge >= 0.3 is 0 Å². The van der Waals surface area contributed by atoms with Crippen molar-refractivity contribution in [3.63, 3.8) is 0 Å². The molecule has 0 saturated carbocycles. The van der Waals surface area contributed by atoms with Crippen LogP contribution in [0.3, 0.4) is 0 Å². The molecule has 0 aromatic rings. The molecule has 8 heavy (non-hydrogen) atoms. The Morgan fingerprint density at radius 2 is 2.38 bits per heavy atom. The second-order valence-corrected chi connectivity index (χ2v) is 1.10. The van der Waals surface area contributed by atoms with Crippen molar-refractivity contribution in [2.24, 2.45) is 4.99 Å². The molecule has 0 rings (SSSR count). The molecule has 0 aromatic heterocycles. The van der Waals surface area contributed by atoms with Crippen LogP contribution in [0.25, 0.3) is 0 Å². The third-order valence-corrected chi connectivity index (χ3v) is 0.479. The number of hydrogen-bond donors (Lipinski definition) is 0. The van der Waals surface area contributed by atoms with Crippen LogP contribution in [0.2, 0.25) is 0 Å². The van der Waals surface area contributed by atoms with Gasteiger partial charge in [-0.1, -0.05) is 13.2 Å². The van der Waals surface area contributed by atoms with Crippen LogP contribution in [-0.2, 0) is 0 Å². The van der Waals surface area contributed by atoms with Gasteiger partial charge in [-0.15, -0.1) is 0 Å². The minimum atomic E-state index is 0.338. The molecule has 0 aliphatic rings. The number of hydrogen-bond acceptors (Lipinski definition) is 2. The summed E-state index contributed by atoms with van der Waals surface area (Å²) in [6.45, 7) is 6.67. The van der Waals surface area contributed by atoms with Gasteiger partial charge in [-0.05, 0) is 0 Å². The minimum Gasteiger partial charge on any atom is -0.264 e. The molecule has 0 aliphatic heterocycles. The van der Waals surface area contributed by atoms with Crippen molar-refractivity contribution in [1.29, 1.82) is 5.26 Å². The zero-order chi connectivity index (χ0) is 6.41. The first-order chi connectivity index (χ1) is 3.81. The van der Waals surface area contributed by atoms with E-state index in [9.17, 15) is 0 Å². The van der Waals surface area contributed by atoms with Gasteiger partial charge in [-0.2, -0.15) is 5.26 Å². The Hall–Kier alpha value is -1.36. The molecular formula is C6H6N2. The lowest BCUT2D eigenvalue weighted by Gasteiger charge is -1.73. The molecule has 0 N–H and O–H groups in total. The van der Waals surface area contributed by atoms with Gasteiger partial charge in [0.2, 0.25) is 0 Å². The monoisotopic (exact) mass is 106 g/mol. The molecule has 0 atom stereocenters. The van der Waals surface area contributed by atoms with Crippen LogP contribution in [-0.4, -0.2) is 6.21 Å². The van der Waals surface area contributed by atoms with Gasteiger partial charge in [0.05, 0.1) is 5.57 Å². The molecule has 0 amide bonds. The van der Waals surface area contributed by atoms with Crippen molar-refractivity contribution in [3.8, 4) is 6.07 Å². The molecular weight excluding hydrogens is 100 g/mol. The first kappa shape index (κ1) is 6.64. The van der Waals surface area contributed by atoms with Crippen LogP contribution >= 0.6 is 0 Å². The SMILES string of the molecule is C=CN=CC(=C)C#N. The van der Waals surface area contributed by atoms with Crippen LogP contribution in [0.5, 0.6) is 0 Å². The Kier molecular flexibility index (Phi) is 3.17. The predicted octanol–water partition coefficient (Wildman–Crippen LogP) is 1.28. The molecule has 40 valence electrons. The highest BCUT2D eigenvalue weighted by molar-refractivity contribution is 5.82. The summed E-state index contributed by atoms with van der Waals surface area (Å²) in [7, 11) is 0. The van der Waals surface area contributed by atoms with Crippen LogP contribution < -0.4 is 0 Å². The summed E-state index contributed by atoms with van der Waals surface area (Å²) < 4.78 is 0. The van der Waals surface area contributed by atoms with E-state index in [0.717, 1.165) is 0 Å². The van der Waals surface area contributed by atoms with Gasteiger partial charge in [0.1, 0.15) is 6.07 Å². The Morgan fingerprint density at radius 3 is 2.75 bits per heavy atom. The fraction of sp³-hybridized carbons (Fsp3) is 0. The summed E-state index contributed by atoms with van der Waals surface area (Å²) >= 11 is 0. The standard InChI is InChI=1S/C6H6N2/c1-3-8-5-6(2)4-7/h3,5H,1-2H2. The Balaban J connectivity index is 3.75.